The van der Waals surface area contributed by atoms with E-state index in [1.54, 1.807) is 0 Å². The lowest BCUT2D eigenvalue weighted by Gasteiger charge is -2.30. The van der Waals surface area contributed by atoms with Crippen molar-refractivity contribution in [1.29, 1.82) is 0 Å². The van der Waals surface area contributed by atoms with Crippen molar-refractivity contribution in [3.05, 3.63) is 0 Å². The summed E-state index contributed by atoms with van der Waals surface area (Å²) >= 11 is 0. The summed E-state index contributed by atoms with van der Waals surface area (Å²) in [5, 5.41) is 0. The monoisotopic (exact) mass is 186 g/mol. The van der Waals surface area contributed by atoms with E-state index in [0.717, 1.165) is 19.0 Å². The molecule has 80 valence electrons. The highest BCUT2D eigenvalue weighted by atomic mass is 15.1. The Morgan fingerprint density at radius 3 is 2.46 bits per heavy atom. The first kappa shape index (κ1) is 12.9. The molecule has 1 aliphatic rings. The number of hydrogen-bond donors (Lipinski definition) is 1. The number of likely N-dealkylation sites (tertiary alicyclic amines) is 1. The van der Waals surface area contributed by atoms with Crippen molar-refractivity contribution in [1.82, 2.24) is 4.90 Å². The topological polar surface area (TPSA) is 29.3 Å². The molecule has 1 unspecified atom stereocenters. The van der Waals surface area contributed by atoms with Crippen molar-refractivity contribution < 1.29 is 0 Å². The Hall–Kier alpha value is -0.0800. The smallest absolute Gasteiger partial charge is 0.0105 e. The van der Waals surface area contributed by atoms with E-state index < -0.39 is 0 Å². The van der Waals surface area contributed by atoms with Crippen LogP contribution < -0.4 is 5.73 Å². The molecule has 0 bridgehead atoms. The third-order valence-corrected chi connectivity index (χ3v) is 2.19. The zero-order chi connectivity index (χ0) is 10.1. The van der Waals surface area contributed by atoms with Crippen LogP contribution in [-0.4, -0.2) is 31.1 Å². The molecule has 0 aromatic heterocycles. The Morgan fingerprint density at radius 1 is 1.38 bits per heavy atom. The van der Waals surface area contributed by atoms with Crippen molar-refractivity contribution in [3.8, 4) is 0 Å². The fourth-order valence-electron chi connectivity index (χ4n) is 1.67. The fraction of sp³-hybridized carbons (Fsp3) is 1.00. The molecule has 2 nitrogen and oxygen atoms in total. The van der Waals surface area contributed by atoms with Crippen LogP contribution >= 0.6 is 0 Å². The van der Waals surface area contributed by atoms with Crippen molar-refractivity contribution in [2.45, 2.75) is 40.0 Å². The molecule has 1 aliphatic heterocycles. The number of nitrogens with zero attached hydrogens (tertiary/aromatic N) is 1. The molecule has 0 amide bonds. The highest BCUT2D eigenvalue weighted by molar-refractivity contribution is 4.69. The van der Waals surface area contributed by atoms with Crippen LogP contribution in [0.2, 0.25) is 0 Å². The molecule has 0 saturated carbocycles. The Morgan fingerprint density at radius 2 is 2.00 bits per heavy atom. The van der Waals surface area contributed by atoms with E-state index in [9.17, 15) is 0 Å². The minimum Gasteiger partial charge on any atom is -0.329 e. The first-order valence-corrected chi connectivity index (χ1v) is 5.66. The zero-order valence-electron chi connectivity index (χ0n) is 9.55. The molecule has 0 spiro atoms. The summed E-state index contributed by atoms with van der Waals surface area (Å²) in [6.45, 7) is 11.0. The molecule has 0 radical (unpaired) electrons. The van der Waals surface area contributed by atoms with Crippen LogP contribution in [0, 0.1) is 5.92 Å². The van der Waals surface area contributed by atoms with E-state index in [2.05, 4.69) is 25.7 Å². The van der Waals surface area contributed by atoms with Gasteiger partial charge in [0, 0.05) is 19.6 Å². The molecule has 0 aliphatic carbocycles. The third kappa shape index (κ3) is 7.03. The van der Waals surface area contributed by atoms with Gasteiger partial charge in [-0.3, -0.25) is 0 Å². The lowest BCUT2D eigenvalue weighted by Crippen LogP contribution is -2.37. The molecule has 1 atom stereocenters. The number of nitrogens with two attached hydrogens (primary N) is 1. The van der Waals surface area contributed by atoms with Gasteiger partial charge in [-0.15, -0.1) is 0 Å². The largest absolute Gasteiger partial charge is 0.329 e. The number of rotatable bonds is 2. The second kappa shape index (κ2) is 8.52. The van der Waals surface area contributed by atoms with Gasteiger partial charge in [-0.1, -0.05) is 27.2 Å². The molecule has 0 aromatic rings. The molecule has 1 rings (SSSR count). The predicted molar refractivity (Wildman–Crippen MR) is 59.9 cm³/mol. The Labute approximate surface area is 83.5 Å². The summed E-state index contributed by atoms with van der Waals surface area (Å²) in [5.74, 6) is 0.889. The third-order valence-electron chi connectivity index (χ3n) is 2.19. The highest BCUT2D eigenvalue weighted by Gasteiger charge is 2.14. The Kier molecular flexibility index (Phi) is 8.46. The average molecular weight is 186 g/mol. The minimum absolute atomic E-state index is 0.812. The Bertz CT molecular complexity index is 102. The maximum absolute atomic E-state index is 5.46. The van der Waals surface area contributed by atoms with E-state index in [1.165, 1.54) is 32.4 Å². The van der Waals surface area contributed by atoms with E-state index in [4.69, 9.17) is 5.73 Å². The van der Waals surface area contributed by atoms with Gasteiger partial charge < -0.3 is 10.6 Å². The second-order valence-corrected chi connectivity index (χ2v) is 4.04. The van der Waals surface area contributed by atoms with Crippen LogP contribution in [0.1, 0.15) is 40.0 Å². The summed E-state index contributed by atoms with van der Waals surface area (Å²) in [6.07, 6.45) is 4.02. The minimum atomic E-state index is 0.812. The Balaban J connectivity index is 0.000000424. The van der Waals surface area contributed by atoms with Crippen molar-refractivity contribution in [2.75, 3.05) is 26.2 Å². The van der Waals surface area contributed by atoms with E-state index >= 15 is 0 Å². The van der Waals surface area contributed by atoms with E-state index in [1.807, 2.05) is 0 Å². The molecule has 2 N–H and O–H groups in total. The molecule has 1 heterocycles. The van der Waals surface area contributed by atoms with Crippen LogP contribution in [0.3, 0.4) is 0 Å². The fourth-order valence-corrected chi connectivity index (χ4v) is 1.67. The molecular weight excluding hydrogens is 160 g/mol. The van der Waals surface area contributed by atoms with Gasteiger partial charge in [-0.2, -0.15) is 0 Å². The molecule has 2 heteroatoms. The summed E-state index contributed by atoms with van der Waals surface area (Å²) in [7, 11) is 0. The predicted octanol–water partition coefficient (Wildman–Crippen LogP) is 2.09. The summed E-state index contributed by atoms with van der Waals surface area (Å²) in [5.41, 5.74) is 5.46. The SMILES string of the molecule is CC1CCCN(CCN)C1.CCC. The standard InChI is InChI=1S/C8H18N2.C3H8/c1-8-3-2-5-10(7-8)6-4-9;1-3-2/h8H,2-7,9H2,1H3;3H2,1-2H3. The summed E-state index contributed by atoms with van der Waals surface area (Å²) in [4.78, 5) is 2.47. The molecule has 0 aromatic carbocycles. The maximum Gasteiger partial charge on any atom is 0.0105 e. The van der Waals surface area contributed by atoms with Gasteiger partial charge in [-0.25, -0.2) is 0 Å². The summed E-state index contributed by atoms with van der Waals surface area (Å²) in [6, 6.07) is 0. The van der Waals surface area contributed by atoms with Crippen LogP contribution in [0.15, 0.2) is 0 Å². The second-order valence-electron chi connectivity index (χ2n) is 4.04. The lowest BCUT2D eigenvalue weighted by molar-refractivity contribution is 0.189. The lowest BCUT2D eigenvalue weighted by atomic mass is 10.0. The first-order valence-electron chi connectivity index (χ1n) is 5.66. The van der Waals surface area contributed by atoms with Crippen molar-refractivity contribution >= 4 is 0 Å². The van der Waals surface area contributed by atoms with Gasteiger partial charge in [0.25, 0.3) is 0 Å². The normalized spacial score (nSPS) is 23.5. The number of hydrogen-bond acceptors (Lipinski definition) is 2. The molecule has 1 saturated heterocycles. The molecule has 13 heavy (non-hydrogen) atoms. The van der Waals surface area contributed by atoms with Crippen LogP contribution in [0.4, 0.5) is 0 Å². The van der Waals surface area contributed by atoms with Gasteiger partial charge >= 0.3 is 0 Å². The van der Waals surface area contributed by atoms with Crippen molar-refractivity contribution in [2.24, 2.45) is 11.7 Å². The summed E-state index contributed by atoms with van der Waals surface area (Å²) < 4.78 is 0. The van der Waals surface area contributed by atoms with Crippen molar-refractivity contribution in [3.63, 3.8) is 0 Å². The number of piperidine rings is 1. The zero-order valence-corrected chi connectivity index (χ0v) is 9.55. The maximum atomic E-state index is 5.46. The van der Waals surface area contributed by atoms with Gasteiger partial charge in [0.2, 0.25) is 0 Å². The van der Waals surface area contributed by atoms with Gasteiger partial charge in [0.15, 0.2) is 0 Å². The molecule has 1 fully saturated rings. The van der Waals surface area contributed by atoms with Gasteiger partial charge in [-0.05, 0) is 25.3 Å². The highest BCUT2D eigenvalue weighted by Crippen LogP contribution is 2.14. The van der Waals surface area contributed by atoms with Crippen LogP contribution in [0.5, 0.6) is 0 Å². The van der Waals surface area contributed by atoms with Gasteiger partial charge in [0.05, 0.1) is 0 Å². The average Bonchev–Trinajstić information content (AvgIpc) is 2.06. The van der Waals surface area contributed by atoms with E-state index in [0.29, 0.717) is 0 Å². The van der Waals surface area contributed by atoms with Crippen LogP contribution in [-0.2, 0) is 0 Å². The van der Waals surface area contributed by atoms with Crippen LogP contribution in [0.25, 0.3) is 0 Å². The quantitative estimate of drug-likeness (QED) is 0.715. The molecular formula is C11H26N2. The van der Waals surface area contributed by atoms with E-state index in [-0.39, 0.29) is 0 Å². The first-order chi connectivity index (χ1) is 6.24. The van der Waals surface area contributed by atoms with Gasteiger partial charge in [0.1, 0.15) is 0 Å².